The summed E-state index contributed by atoms with van der Waals surface area (Å²) >= 11 is 0. The number of hydrogen-bond acceptors (Lipinski definition) is 2. The van der Waals surface area contributed by atoms with E-state index in [0.29, 0.717) is 12.0 Å². The molecule has 4 rings (SSSR count). The predicted molar refractivity (Wildman–Crippen MR) is 121 cm³/mol. The third kappa shape index (κ3) is 3.25. The number of allylic oxidation sites excluding steroid dienone is 1. The Balaban J connectivity index is 1.72. The van der Waals surface area contributed by atoms with Crippen molar-refractivity contribution < 1.29 is 4.43 Å². The molecule has 2 heterocycles. The highest BCUT2D eigenvalue weighted by Crippen LogP contribution is 2.40. The SMILES string of the molecule is C[C@@H]1C[C@H](CO[Si](c2ccccc2)(c2ccccc2)C(C)(C)C)N2CCC=C12. The van der Waals surface area contributed by atoms with Crippen molar-refractivity contribution in [2.75, 3.05) is 13.2 Å². The molecule has 0 bridgehead atoms. The standard InChI is InChI=1S/C25H33NOSi/c1-20-18-21(26-17-11-16-24(20)26)19-27-28(25(2,3)4,22-12-7-5-8-13-22)23-14-9-6-10-15-23/h5-10,12-16,20-21H,11,17-19H2,1-4H3/t20-,21-/m1/s1. The summed E-state index contributed by atoms with van der Waals surface area (Å²) in [7, 11) is -2.43. The third-order valence-corrected chi connectivity index (χ3v) is 11.5. The van der Waals surface area contributed by atoms with Gasteiger partial charge in [-0.15, -0.1) is 0 Å². The molecule has 0 saturated carbocycles. The zero-order valence-electron chi connectivity index (χ0n) is 17.7. The second kappa shape index (κ2) is 7.53. The minimum Gasteiger partial charge on any atom is -0.405 e. The molecule has 0 amide bonds. The Morgan fingerprint density at radius 3 is 2.07 bits per heavy atom. The largest absolute Gasteiger partial charge is 0.405 e. The zero-order chi connectivity index (χ0) is 19.8. The first-order valence-corrected chi connectivity index (χ1v) is 12.6. The molecular weight excluding hydrogens is 358 g/mol. The van der Waals surface area contributed by atoms with Crippen LogP contribution in [0.5, 0.6) is 0 Å². The summed E-state index contributed by atoms with van der Waals surface area (Å²) in [6.07, 6.45) is 4.84. The molecule has 0 unspecified atom stereocenters. The first kappa shape index (κ1) is 19.5. The first-order valence-electron chi connectivity index (χ1n) is 10.6. The van der Waals surface area contributed by atoms with E-state index < -0.39 is 8.32 Å². The fourth-order valence-corrected chi connectivity index (χ4v) is 9.87. The van der Waals surface area contributed by atoms with Crippen LogP contribution in [0.3, 0.4) is 0 Å². The van der Waals surface area contributed by atoms with E-state index in [-0.39, 0.29) is 5.04 Å². The Hall–Kier alpha value is -1.84. The van der Waals surface area contributed by atoms with Gasteiger partial charge in [-0.05, 0) is 34.2 Å². The molecule has 148 valence electrons. The lowest BCUT2D eigenvalue weighted by molar-refractivity contribution is 0.190. The van der Waals surface area contributed by atoms with Crippen molar-refractivity contribution in [1.29, 1.82) is 0 Å². The molecular formula is C25H33NOSi. The molecule has 3 heteroatoms. The summed E-state index contributed by atoms with van der Waals surface area (Å²) in [6, 6.07) is 22.5. The van der Waals surface area contributed by atoms with Crippen LogP contribution in [-0.4, -0.2) is 32.4 Å². The molecule has 2 aliphatic rings. The lowest BCUT2D eigenvalue weighted by Gasteiger charge is -2.44. The molecule has 1 saturated heterocycles. The van der Waals surface area contributed by atoms with Crippen molar-refractivity contribution in [3.05, 3.63) is 72.4 Å². The topological polar surface area (TPSA) is 12.5 Å². The van der Waals surface area contributed by atoms with Gasteiger partial charge in [0.25, 0.3) is 8.32 Å². The lowest BCUT2D eigenvalue weighted by atomic mass is 10.1. The molecule has 1 fully saturated rings. The summed E-state index contributed by atoms with van der Waals surface area (Å²) < 4.78 is 7.18. The average Bonchev–Trinajstić information content (AvgIpc) is 3.28. The maximum atomic E-state index is 7.18. The second-order valence-electron chi connectivity index (χ2n) is 9.38. The van der Waals surface area contributed by atoms with Crippen LogP contribution in [0.2, 0.25) is 5.04 Å². The Morgan fingerprint density at radius 2 is 1.54 bits per heavy atom. The molecule has 0 spiro atoms. The van der Waals surface area contributed by atoms with Gasteiger partial charge in [-0.25, -0.2) is 0 Å². The number of benzene rings is 2. The van der Waals surface area contributed by atoms with Gasteiger partial charge in [0.2, 0.25) is 0 Å². The minimum atomic E-state index is -2.43. The van der Waals surface area contributed by atoms with Crippen LogP contribution in [0.4, 0.5) is 0 Å². The van der Waals surface area contributed by atoms with E-state index in [1.807, 2.05) is 0 Å². The fourth-order valence-electron chi connectivity index (χ4n) is 5.27. The van der Waals surface area contributed by atoms with Crippen LogP contribution in [0.1, 0.15) is 40.5 Å². The van der Waals surface area contributed by atoms with Gasteiger partial charge in [0, 0.05) is 12.2 Å². The summed E-state index contributed by atoms with van der Waals surface area (Å²) in [4.78, 5) is 2.61. The highest BCUT2D eigenvalue weighted by Gasteiger charge is 2.51. The maximum Gasteiger partial charge on any atom is 0.261 e. The van der Waals surface area contributed by atoms with Crippen LogP contribution in [-0.2, 0) is 4.43 Å². The van der Waals surface area contributed by atoms with Gasteiger partial charge in [-0.2, -0.15) is 0 Å². The van der Waals surface area contributed by atoms with Crippen LogP contribution in [0, 0.1) is 5.92 Å². The van der Waals surface area contributed by atoms with Gasteiger partial charge in [0.1, 0.15) is 0 Å². The molecule has 2 nitrogen and oxygen atoms in total. The van der Waals surface area contributed by atoms with E-state index >= 15 is 0 Å². The Morgan fingerprint density at radius 1 is 0.964 bits per heavy atom. The normalized spacial score (nSPS) is 22.3. The smallest absolute Gasteiger partial charge is 0.261 e. The van der Waals surface area contributed by atoms with E-state index in [9.17, 15) is 0 Å². The maximum absolute atomic E-state index is 7.18. The molecule has 0 aliphatic carbocycles. The highest BCUT2D eigenvalue weighted by atomic mass is 28.4. The van der Waals surface area contributed by atoms with Crippen molar-refractivity contribution >= 4 is 18.7 Å². The Bertz CT molecular complexity index is 785. The van der Waals surface area contributed by atoms with Crippen molar-refractivity contribution in [1.82, 2.24) is 4.90 Å². The molecule has 28 heavy (non-hydrogen) atoms. The minimum absolute atomic E-state index is 0.0452. The van der Waals surface area contributed by atoms with Crippen LogP contribution in [0.25, 0.3) is 0 Å². The monoisotopic (exact) mass is 391 g/mol. The Labute approximate surface area is 171 Å². The second-order valence-corrected chi connectivity index (χ2v) is 13.7. The van der Waals surface area contributed by atoms with E-state index in [1.54, 1.807) is 5.70 Å². The van der Waals surface area contributed by atoms with Crippen molar-refractivity contribution in [3.63, 3.8) is 0 Å². The summed E-state index contributed by atoms with van der Waals surface area (Å²) in [5.41, 5.74) is 1.55. The molecule has 0 radical (unpaired) electrons. The first-order chi connectivity index (χ1) is 13.4. The quantitative estimate of drug-likeness (QED) is 0.693. The van der Waals surface area contributed by atoms with Crippen molar-refractivity contribution in [2.24, 2.45) is 5.92 Å². The number of hydrogen-bond donors (Lipinski definition) is 0. The van der Waals surface area contributed by atoms with Crippen LogP contribution in [0.15, 0.2) is 72.4 Å². The van der Waals surface area contributed by atoms with Crippen LogP contribution < -0.4 is 10.4 Å². The van der Waals surface area contributed by atoms with E-state index in [2.05, 4.69) is 99.3 Å². The molecule has 0 aromatic heterocycles. The van der Waals surface area contributed by atoms with E-state index in [0.717, 1.165) is 13.2 Å². The Kier molecular flexibility index (Phi) is 5.24. The average molecular weight is 392 g/mol. The van der Waals surface area contributed by atoms with Gasteiger partial charge >= 0.3 is 0 Å². The lowest BCUT2D eigenvalue weighted by Crippen LogP contribution is -2.67. The van der Waals surface area contributed by atoms with E-state index in [4.69, 9.17) is 4.43 Å². The molecule has 0 N–H and O–H groups in total. The van der Waals surface area contributed by atoms with Crippen LogP contribution >= 0.6 is 0 Å². The summed E-state index contributed by atoms with van der Waals surface area (Å²) in [6.45, 7) is 11.4. The molecule has 2 aromatic carbocycles. The number of rotatable bonds is 5. The van der Waals surface area contributed by atoms with Gasteiger partial charge in [0.15, 0.2) is 0 Å². The highest BCUT2D eigenvalue weighted by molar-refractivity contribution is 6.99. The van der Waals surface area contributed by atoms with Crippen molar-refractivity contribution in [2.45, 2.75) is 51.6 Å². The van der Waals surface area contributed by atoms with Gasteiger partial charge in [-0.1, -0.05) is 94.4 Å². The molecule has 2 aromatic rings. The van der Waals surface area contributed by atoms with Gasteiger partial charge in [0.05, 0.1) is 12.6 Å². The zero-order valence-corrected chi connectivity index (χ0v) is 18.7. The number of nitrogens with zero attached hydrogens (tertiary/aromatic N) is 1. The summed E-state index contributed by atoms with van der Waals surface area (Å²) in [5.74, 6) is 0.662. The fraction of sp³-hybridized carbons (Fsp3) is 0.440. The van der Waals surface area contributed by atoms with Gasteiger partial charge < -0.3 is 9.33 Å². The van der Waals surface area contributed by atoms with Crippen molar-refractivity contribution in [3.8, 4) is 0 Å². The molecule has 2 atom stereocenters. The molecule has 2 aliphatic heterocycles. The van der Waals surface area contributed by atoms with E-state index in [1.165, 1.54) is 23.2 Å². The predicted octanol–water partition coefficient (Wildman–Crippen LogP) is 4.56. The van der Waals surface area contributed by atoms with Gasteiger partial charge in [-0.3, -0.25) is 0 Å². The summed E-state index contributed by atoms with van der Waals surface area (Å²) in [5, 5.41) is 2.79. The number of fused-ring (bicyclic) bond motifs is 1. The third-order valence-electron chi connectivity index (χ3n) is 6.54.